The van der Waals surface area contributed by atoms with Gasteiger partial charge in [-0.15, -0.1) is 11.3 Å². The number of aromatic nitrogens is 1. The molecular weight excluding hydrogens is 410 g/mol. The second-order valence-corrected chi connectivity index (χ2v) is 9.67. The zero-order chi connectivity index (χ0) is 20.5. The Bertz CT molecular complexity index is 1010. The van der Waals surface area contributed by atoms with Crippen molar-refractivity contribution < 1.29 is 4.74 Å². The van der Waals surface area contributed by atoms with Crippen LogP contribution in [-0.2, 0) is 0 Å². The Hall–Kier alpha value is -2.44. The molecule has 3 aromatic rings. The van der Waals surface area contributed by atoms with Crippen LogP contribution < -0.4 is 15.0 Å². The van der Waals surface area contributed by atoms with Crippen molar-refractivity contribution in [2.75, 3.05) is 4.90 Å². The maximum absolute atomic E-state index is 6.15. The number of hydrogen-bond acceptors (Lipinski definition) is 4. The number of ether oxygens (including phenoxy) is 1. The van der Waals surface area contributed by atoms with Crippen LogP contribution in [0.1, 0.15) is 53.2 Å². The molecule has 0 radical (unpaired) electrons. The summed E-state index contributed by atoms with van der Waals surface area (Å²) in [6.45, 7) is 2.14. The van der Waals surface area contributed by atoms with E-state index in [0.717, 1.165) is 35.1 Å². The van der Waals surface area contributed by atoms with Crippen LogP contribution in [0.4, 0.5) is 5.69 Å². The number of benzene rings is 1. The topological polar surface area (TPSA) is 37.4 Å². The smallest absolute Gasteiger partial charge is 0.174 e. The Morgan fingerprint density at radius 3 is 2.53 bits per heavy atom. The normalized spacial score (nSPS) is 21.8. The van der Waals surface area contributed by atoms with Crippen molar-refractivity contribution in [2.24, 2.45) is 0 Å². The van der Waals surface area contributed by atoms with Gasteiger partial charge in [-0.05, 0) is 93.4 Å². The molecule has 30 heavy (non-hydrogen) atoms. The number of thiocarbonyl (C=S) groups is 1. The molecule has 1 saturated heterocycles. The van der Waals surface area contributed by atoms with E-state index in [1.165, 1.54) is 22.6 Å². The third-order valence-electron chi connectivity index (χ3n) is 5.87. The molecule has 1 aliphatic carbocycles. The van der Waals surface area contributed by atoms with Gasteiger partial charge >= 0.3 is 0 Å². The van der Waals surface area contributed by atoms with Crippen LogP contribution in [0.2, 0.25) is 0 Å². The summed E-state index contributed by atoms with van der Waals surface area (Å²) in [6, 6.07) is 18.9. The summed E-state index contributed by atoms with van der Waals surface area (Å²) in [5.41, 5.74) is 2.07. The zero-order valence-corrected chi connectivity index (χ0v) is 18.6. The molecule has 1 aromatic carbocycles. The van der Waals surface area contributed by atoms with Crippen LogP contribution in [0.25, 0.3) is 0 Å². The SMILES string of the molecule is Cc1ccc([C@H]2[C@@H](c3ccccn3)NC(=S)N2c2ccc(OC3CCCC3)cc2)s1. The van der Waals surface area contributed by atoms with E-state index >= 15 is 0 Å². The van der Waals surface area contributed by atoms with Gasteiger partial charge in [-0.2, -0.15) is 0 Å². The predicted molar refractivity (Wildman–Crippen MR) is 126 cm³/mol. The first-order valence-corrected chi connectivity index (χ1v) is 11.8. The summed E-state index contributed by atoms with van der Waals surface area (Å²) in [5.74, 6) is 0.938. The number of nitrogens with zero attached hydrogens (tertiary/aromatic N) is 2. The molecule has 0 bridgehead atoms. The first kappa shape index (κ1) is 19.5. The highest BCUT2D eigenvalue weighted by atomic mass is 32.1. The van der Waals surface area contributed by atoms with Gasteiger partial charge in [0, 0.05) is 21.6 Å². The average molecular weight is 436 g/mol. The summed E-state index contributed by atoms with van der Waals surface area (Å²) in [5, 5.41) is 4.25. The Morgan fingerprint density at radius 1 is 1.07 bits per heavy atom. The van der Waals surface area contributed by atoms with E-state index in [9.17, 15) is 0 Å². The van der Waals surface area contributed by atoms with Gasteiger partial charge in [-0.25, -0.2) is 0 Å². The molecule has 1 aliphatic heterocycles. The lowest BCUT2D eigenvalue weighted by Gasteiger charge is -2.27. The van der Waals surface area contributed by atoms with Gasteiger partial charge in [-0.1, -0.05) is 6.07 Å². The predicted octanol–water partition coefficient (Wildman–Crippen LogP) is 5.95. The lowest BCUT2D eigenvalue weighted by Crippen LogP contribution is -2.29. The zero-order valence-electron chi connectivity index (χ0n) is 17.0. The van der Waals surface area contributed by atoms with Gasteiger partial charge < -0.3 is 15.0 Å². The first-order chi connectivity index (χ1) is 14.7. The van der Waals surface area contributed by atoms with Crippen molar-refractivity contribution in [1.82, 2.24) is 10.3 Å². The Morgan fingerprint density at radius 2 is 1.87 bits per heavy atom. The molecule has 154 valence electrons. The van der Waals surface area contributed by atoms with Gasteiger partial charge in [0.1, 0.15) is 5.75 Å². The minimum atomic E-state index is 0.00571. The fourth-order valence-corrected chi connectivity index (χ4v) is 5.77. The van der Waals surface area contributed by atoms with Crippen molar-refractivity contribution >= 4 is 34.4 Å². The van der Waals surface area contributed by atoms with Crippen molar-refractivity contribution in [3.63, 3.8) is 0 Å². The monoisotopic (exact) mass is 435 g/mol. The van der Waals surface area contributed by atoms with E-state index in [0.29, 0.717) is 6.10 Å². The van der Waals surface area contributed by atoms with Crippen molar-refractivity contribution in [2.45, 2.75) is 50.8 Å². The molecule has 1 N–H and O–H groups in total. The van der Waals surface area contributed by atoms with Gasteiger partial charge in [0.2, 0.25) is 0 Å². The van der Waals surface area contributed by atoms with Crippen molar-refractivity contribution in [1.29, 1.82) is 0 Å². The number of nitrogens with one attached hydrogen (secondary N) is 1. The molecule has 0 unspecified atom stereocenters. The average Bonchev–Trinajstić information content (AvgIpc) is 3.50. The molecule has 2 aliphatic rings. The van der Waals surface area contributed by atoms with Crippen LogP contribution in [0, 0.1) is 6.92 Å². The lowest BCUT2D eigenvalue weighted by molar-refractivity contribution is 0.210. The van der Waals surface area contributed by atoms with Crippen molar-refractivity contribution in [3.05, 3.63) is 76.2 Å². The Kier molecular flexibility index (Phi) is 5.44. The highest BCUT2D eigenvalue weighted by Gasteiger charge is 2.41. The second kappa shape index (κ2) is 8.36. The Balaban J connectivity index is 1.46. The van der Waals surface area contributed by atoms with Crippen molar-refractivity contribution in [3.8, 4) is 5.75 Å². The second-order valence-electron chi connectivity index (χ2n) is 7.96. The van der Waals surface area contributed by atoms with Crippen LogP contribution in [-0.4, -0.2) is 16.2 Å². The molecule has 6 heteroatoms. The number of rotatable bonds is 5. The van der Waals surface area contributed by atoms with E-state index in [1.54, 1.807) is 0 Å². The number of aryl methyl sites for hydroxylation is 1. The maximum Gasteiger partial charge on any atom is 0.174 e. The maximum atomic E-state index is 6.15. The quantitative estimate of drug-likeness (QED) is 0.501. The number of anilines is 1. The molecule has 4 nitrogen and oxygen atoms in total. The summed E-state index contributed by atoms with van der Waals surface area (Å²) in [7, 11) is 0. The molecule has 1 saturated carbocycles. The first-order valence-electron chi connectivity index (χ1n) is 10.5. The minimum absolute atomic E-state index is 0.00571. The van der Waals surface area contributed by atoms with Gasteiger partial charge in [0.25, 0.3) is 0 Å². The molecule has 2 fully saturated rings. The molecule has 2 aromatic heterocycles. The summed E-state index contributed by atoms with van der Waals surface area (Å²) in [6.07, 6.45) is 7.07. The molecule has 2 atom stereocenters. The highest BCUT2D eigenvalue weighted by Crippen LogP contribution is 2.43. The van der Waals surface area contributed by atoms with Gasteiger partial charge in [-0.3, -0.25) is 4.98 Å². The summed E-state index contributed by atoms with van der Waals surface area (Å²) >= 11 is 7.61. The molecule has 0 amide bonds. The minimum Gasteiger partial charge on any atom is -0.490 e. The highest BCUT2D eigenvalue weighted by molar-refractivity contribution is 7.80. The fraction of sp³-hybridized carbons (Fsp3) is 0.333. The molecule has 3 heterocycles. The number of hydrogen-bond donors (Lipinski definition) is 1. The molecule has 0 spiro atoms. The number of thiophene rings is 1. The largest absolute Gasteiger partial charge is 0.490 e. The van der Waals surface area contributed by atoms with E-state index in [4.69, 9.17) is 17.0 Å². The van der Waals surface area contributed by atoms with Gasteiger partial charge in [0.15, 0.2) is 5.11 Å². The standard InChI is InChI=1S/C24H25N3OS2/c1-16-9-14-21(30-16)23-22(20-8-4-5-15-25-20)26-24(29)27(23)17-10-12-19(13-11-17)28-18-6-2-3-7-18/h4-5,8-15,18,22-23H,2-3,6-7H2,1H3,(H,26,29)/t22-,23+/m1/s1. The summed E-state index contributed by atoms with van der Waals surface area (Å²) in [4.78, 5) is 9.41. The lowest BCUT2D eigenvalue weighted by atomic mass is 10.0. The molecule has 5 rings (SSSR count). The van der Waals surface area contributed by atoms with Gasteiger partial charge in [0.05, 0.1) is 23.9 Å². The third-order valence-corrected chi connectivity index (χ3v) is 7.26. The van der Waals surface area contributed by atoms with Crippen LogP contribution in [0.3, 0.4) is 0 Å². The summed E-state index contributed by atoms with van der Waals surface area (Å²) < 4.78 is 6.15. The van der Waals surface area contributed by atoms with E-state index in [-0.39, 0.29) is 12.1 Å². The van der Waals surface area contributed by atoms with Crippen LogP contribution in [0.15, 0.2) is 60.8 Å². The third kappa shape index (κ3) is 3.82. The van der Waals surface area contributed by atoms with E-state index < -0.39 is 0 Å². The van der Waals surface area contributed by atoms with Crippen LogP contribution >= 0.6 is 23.6 Å². The Labute approximate surface area is 186 Å². The molecular formula is C24H25N3OS2. The number of pyridine rings is 1. The van der Waals surface area contributed by atoms with E-state index in [1.807, 2.05) is 29.7 Å². The fourth-order valence-electron chi connectivity index (χ4n) is 4.42. The van der Waals surface area contributed by atoms with E-state index in [2.05, 4.69) is 64.6 Å². The van der Waals surface area contributed by atoms with Crippen LogP contribution in [0.5, 0.6) is 5.75 Å².